The van der Waals surface area contributed by atoms with Crippen molar-refractivity contribution < 1.29 is 19.1 Å². The highest BCUT2D eigenvalue weighted by Gasteiger charge is 2.14. The van der Waals surface area contributed by atoms with Gasteiger partial charge >= 0.3 is 0 Å². The van der Waals surface area contributed by atoms with Crippen molar-refractivity contribution in [2.24, 2.45) is 0 Å². The molecule has 2 amide bonds. The van der Waals surface area contributed by atoms with Crippen LogP contribution in [0.2, 0.25) is 0 Å². The van der Waals surface area contributed by atoms with Gasteiger partial charge in [-0.1, -0.05) is 17.7 Å². The molecule has 0 unspecified atom stereocenters. The van der Waals surface area contributed by atoms with Crippen molar-refractivity contribution >= 4 is 23.2 Å². The van der Waals surface area contributed by atoms with Gasteiger partial charge in [-0.15, -0.1) is 0 Å². The number of anilines is 2. The highest BCUT2D eigenvalue weighted by molar-refractivity contribution is 5.95. The third-order valence-electron chi connectivity index (χ3n) is 4.60. The summed E-state index contributed by atoms with van der Waals surface area (Å²) < 4.78 is 11.1. The molecule has 0 heterocycles. The van der Waals surface area contributed by atoms with Crippen molar-refractivity contribution in [2.45, 2.75) is 34.6 Å². The summed E-state index contributed by atoms with van der Waals surface area (Å²) >= 11 is 0. The lowest BCUT2D eigenvalue weighted by molar-refractivity contribution is -0.119. The Labute approximate surface area is 184 Å². The van der Waals surface area contributed by atoms with Crippen LogP contribution in [0.4, 0.5) is 11.4 Å². The zero-order valence-corrected chi connectivity index (χ0v) is 19.3. The summed E-state index contributed by atoms with van der Waals surface area (Å²) in [4.78, 5) is 26.6. The lowest BCUT2D eigenvalue weighted by atomic mass is 10.1. The SMILES string of the molecule is CCOc1ccc(NC(=O)CN(C)CC(=O)Nc2c(C)cc(C)cc2C)cc1OCC. The molecule has 2 N–H and O–H groups in total. The van der Waals surface area contributed by atoms with E-state index in [0.29, 0.717) is 30.4 Å². The molecule has 0 spiro atoms. The molecule has 0 saturated heterocycles. The number of hydrogen-bond acceptors (Lipinski definition) is 5. The number of carbonyl (C=O) groups is 2. The van der Waals surface area contributed by atoms with Crippen LogP contribution >= 0.6 is 0 Å². The van der Waals surface area contributed by atoms with Crippen LogP contribution in [0.3, 0.4) is 0 Å². The van der Waals surface area contributed by atoms with E-state index in [1.807, 2.05) is 46.8 Å². The summed E-state index contributed by atoms with van der Waals surface area (Å²) in [6.07, 6.45) is 0. The lowest BCUT2D eigenvalue weighted by Crippen LogP contribution is -2.36. The van der Waals surface area contributed by atoms with Crippen molar-refractivity contribution in [1.29, 1.82) is 0 Å². The van der Waals surface area contributed by atoms with Gasteiger partial charge in [-0.25, -0.2) is 0 Å². The van der Waals surface area contributed by atoms with Crippen LogP contribution in [0.25, 0.3) is 0 Å². The normalized spacial score (nSPS) is 10.7. The van der Waals surface area contributed by atoms with E-state index in [4.69, 9.17) is 9.47 Å². The molecule has 2 rings (SSSR count). The molecule has 0 saturated carbocycles. The molecule has 0 aliphatic heterocycles. The second-order valence-electron chi connectivity index (χ2n) is 7.57. The zero-order chi connectivity index (χ0) is 23.0. The highest BCUT2D eigenvalue weighted by atomic mass is 16.5. The predicted molar refractivity (Wildman–Crippen MR) is 124 cm³/mol. The van der Waals surface area contributed by atoms with E-state index in [2.05, 4.69) is 10.6 Å². The Morgan fingerprint density at radius 1 is 0.839 bits per heavy atom. The van der Waals surface area contributed by atoms with Crippen molar-refractivity contribution in [1.82, 2.24) is 4.90 Å². The van der Waals surface area contributed by atoms with Gasteiger partial charge in [0.1, 0.15) is 0 Å². The van der Waals surface area contributed by atoms with E-state index >= 15 is 0 Å². The van der Waals surface area contributed by atoms with Gasteiger partial charge in [0.25, 0.3) is 0 Å². The van der Waals surface area contributed by atoms with Crippen LogP contribution in [0.15, 0.2) is 30.3 Å². The van der Waals surface area contributed by atoms with Crippen LogP contribution in [-0.4, -0.2) is 50.1 Å². The smallest absolute Gasteiger partial charge is 0.238 e. The molecule has 31 heavy (non-hydrogen) atoms. The number of nitrogens with one attached hydrogen (secondary N) is 2. The minimum Gasteiger partial charge on any atom is -0.490 e. The molecule has 2 aromatic carbocycles. The molecule has 168 valence electrons. The number of benzene rings is 2. The Hall–Kier alpha value is -3.06. The average molecular weight is 428 g/mol. The molecule has 0 bridgehead atoms. The monoisotopic (exact) mass is 427 g/mol. The first-order valence-corrected chi connectivity index (χ1v) is 10.5. The van der Waals surface area contributed by atoms with Gasteiger partial charge in [0.05, 0.1) is 26.3 Å². The number of rotatable bonds is 10. The minimum absolute atomic E-state index is 0.0798. The van der Waals surface area contributed by atoms with E-state index in [1.165, 1.54) is 0 Å². The molecule has 7 heteroatoms. The fraction of sp³-hybridized carbons (Fsp3) is 0.417. The van der Waals surface area contributed by atoms with Gasteiger partial charge in [0.2, 0.25) is 11.8 Å². The Morgan fingerprint density at radius 3 is 1.97 bits per heavy atom. The molecular weight excluding hydrogens is 394 g/mol. The van der Waals surface area contributed by atoms with Crippen LogP contribution < -0.4 is 20.1 Å². The van der Waals surface area contributed by atoms with Gasteiger partial charge < -0.3 is 20.1 Å². The maximum absolute atomic E-state index is 12.5. The first-order chi connectivity index (χ1) is 14.7. The Balaban J connectivity index is 1.92. The first-order valence-electron chi connectivity index (χ1n) is 10.5. The van der Waals surface area contributed by atoms with Crippen LogP contribution in [-0.2, 0) is 9.59 Å². The van der Waals surface area contributed by atoms with Crippen molar-refractivity contribution in [3.8, 4) is 11.5 Å². The van der Waals surface area contributed by atoms with Crippen molar-refractivity contribution in [3.05, 3.63) is 47.0 Å². The fourth-order valence-corrected chi connectivity index (χ4v) is 3.43. The highest BCUT2D eigenvalue weighted by Crippen LogP contribution is 2.30. The molecule has 0 atom stereocenters. The maximum atomic E-state index is 12.5. The molecule has 0 aliphatic rings. The summed E-state index contributed by atoms with van der Waals surface area (Å²) in [5.74, 6) is 0.839. The van der Waals surface area contributed by atoms with Crippen molar-refractivity contribution in [2.75, 3.05) is 44.0 Å². The Bertz CT molecular complexity index is 904. The zero-order valence-electron chi connectivity index (χ0n) is 19.3. The topological polar surface area (TPSA) is 79.9 Å². The van der Waals surface area contributed by atoms with E-state index in [1.54, 1.807) is 30.1 Å². The maximum Gasteiger partial charge on any atom is 0.238 e. The second kappa shape index (κ2) is 11.4. The van der Waals surface area contributed by atoms with Gasteiger partial charge in [0.15, 0.2) is 11.5 Å². The lowest BCUT2D eigenvalue weighted by Gasteiger charge is -2.18. The predicted octanol–water partition coefficient (Wildman–Crippen LogP) is 3.92. The van der Waals surface area contributed by atoms with Crippen molar-refractivity contribution in [3.63, 3.8) is 0 Å². The van der Waals surface area contributed by atoms with Gasteiger partial charge in [-0.05, 0) is 64.9 Å². The third-order valence-corrected chi connectivity index (χ3v) is 4.60. The average Bonchev–Trinajstić information content (AvgIpc) is 2.66. The number of aryl methyl sites for hydroxylation is 3. The molecule has 7 nitrogen and oxygen atoms in total. The number of nitrogens with zero attached hydrogens (tertiary/aromatic N) is 1. The number of ether oxygens (including phenoxy) is 2. The number of amides is 2. The minimum atomic E-state index is -0.218. The van der Waals surface area contributed by atoms with E-state index in [0.717, 1.165) is 22.4 Å². The first kappa shape index (κ1) is 24.2. The molecular formula is C24H33N3O4. The molecule has 0 aromatic heterocycles. The van der Waals surface area contributed by atoms with Gasteiger partial charge in [-0.2, -0.15) is 0 Å². The number of likely N-dealkylation sites (N-methyl/N-ethyl adjacent to an activating group) is 1. The summed E-state index contributed by atoms with van der Waals surface area (Å²) in [5, 5.41) is 5.80. The van der Waals surface area contributed by atoms with E-state index in [9.17, 15) is 9.59 Å². The standard InChI is InChI=1S/C24H33N3O4/c1-7-30-20-10-9-19(13-21(20)31-8-2)25-22(28)14-27(6)15-23(29)26-24-17(4)11-16(3)12-18(24)5/h9-13H,7-8,14-15H2,1-6H3,(H,25,28)(H,26,29). The molecule has 0 aliphatic carbocycles. The molecule has 0 radical (unpaired) electrons. The van der Waals surface area contributed by atoms with Crippen LogP contribution in [0.1, 0.15) is 30.5 Å². The van der Waals surface area contributed by atoms with E-state index < -0.39 is 0 Å². The van der Waals surface area contributed by atoms with Crippen LogP contribution in [0, 0.1) is 20.8 Å². The summed E-state index contributed by atoms with van der Waals surface area (Å²) in [7, 11) is 1.73. The summed E-state index contributed by atoms with van der Waals surface area (Å²) in [6, 6.07) is 9.34. The fourth-order valence-electron chi connectivity index (χ4n) is 3.43. The largest absolute Gasteiger partial charge is 0.490 e. The van der Waals surface area contributed by atoms with E-state index in [-0.39, 0.29) is 24.9 Å². The second-order valence-corrected chi connectivity index (χ2v) is 7.57. The van der Waals surface area contributed by atoms with Gasteiger partial charge in [-0.3, -0.25) is 14.5 Å². The summed E-state index contributed by atoms with van der Waals surface area (Å²) in [5.41, 5.74) is 4.63. The molecule has 2 aromatic rings. The Morgan fingerprint density at radius 2 is 1.39 bits per heavy atom. The number of carbonyl (C=O) groups excluding carboxylic acids is 2. The summed E-state index contributed by atoms with van der Waals surface area (Å²) in [6.45, 7) is 11.0. The van der Waals surface area contributed by atoms with Crippen LogP contribution in [0.5, 0.6) is 11.5 Å². The van der Waals surface area contributed by atoms with Gasteiger partial charge in [0, 0.05) is 17.4 Å². The quantitative estimate of drug-likeness (QED) is 0.601. The Kier molecular flexibility index (Phi) is 8.88. The molecule has 0 fully saturated rings. The number of hydrogen-bond donors (Lipinski definition) is 2. The third kappa shape index (κ3) is 7.29.